The molecule has 8 nitrogen and oxygen atoms in total. The van der Waals surface area contributed by atoms with Gasteiger partial charge in [0.1, 0.15) is 11.3 Å². The maximum atomic E-state index is 13.4. The van der Waals surface area contributed by atoms with Crippen molar-refractivity contribution in [3.63, 3.8) is 0 Å². The number of non-ortho nitro benzene ring substituents is 1. The minimum atomic E-state index is -1.04. The van der Waals surface area contributed by atoms with Gasteiger partial charge in [0, 0.05) is 35.6 Å². The number of carbonyl (C=O) groups is 2. The second-order valence-corrected chi connectivity index (χ2v) is 8.18. The number of benzene rings is 2. The summed E-state index contributed by atoms with van der Waals surface area (Å²) in [5, 5.41) is 11.6. The van der Waals surface area contributed by atoms with E-state index in [1.165, 1.54) is 18.2 Å². The van der Waals surface area contributed by atoms with Crippen LogP contribution in [0.2, 0.25) is 5.02 Å². The predicted molar refractivity (Wildman–Crippen MR) is 120 cm³/mol. The second-order valence-electron chi connectivity index (χ2n) is 7.77. The maximum absolute atomic E-state index is 13.4. The Morgan fingerprint density at radius 1 is 1.24 bits per heavy atom. The van der Waals surface area contributed by atoms with Crippen LogP contribution in [-0.2, 0) is 19.1 Å². The molecule has 9 heteroatoms. The Morgan fingerprint density at radius 2 is 1.97 bits per heavy atom. The van der Waals surface area contributed by atoms with E-state index in [9.17, 15) is 19.7 Å². The summed E-state index contributed by atoms with van der Waals surface area (Å²) < 4.78 is 11.0. The number of nitro benzene ring substituents is 1. The smallest absolute Gasteiger partial charge is 0.340 e. The van der Waals surface area contributed by atoms with Crippen molar-refractivity contribution in [2.24, 2.45) is 5.73 Å². The molecule has 0 aromatic heterocycles. The zero-order valence-corrected chi connectivity index (χ0v) is 18.5. The van der Waals surface area contributed by atoms with Crippen molar-refractivity contribution in [3.05, 3.63) is 97.6 Å². The number of rotatable bonds is 5. The normalized spacial score (nSPS) is 20.2. The molecule has 2 N–H and O–H groups in total. The molecule has 2 aliphatic rings. The molecular formula is C24H21ClN2O6. The van der Waals surface area contributed by atoms with E-state index >= 15 is 0 Å². The molecule has 0 radical (unpaired) electrons. The number of ether oxygens (including phenoxy) is 2. The summed E-state index contributed by atoms with van der Waals surface area (Å²) in [6.07, 6.45) is 0.566. The minimum Gasteiger partial charge on any atom is -0.462 e. The molecule has 0 bridgehead atoms. The summed E-state index contributed by atoms with van der Waals surface area (Å²) in [5.74, 6) is -2.06. The van der Waals surface area contributed by atoms with Crippen molar-refractivity contribution in [2.45, 2.75) is 31.6 Å². The van der Waals surface area contributed by atoms with Gasteiger partial charge in [0.05, 0.1) is 17.4 Å². The monoisotopic (exact) mass is 468 g/mol. The highest BCUT2D eigenvalue weighted by atomic mass is 35.5. The lowest BCUT2D eigenvalue weighted by Gasteiger charge is -2.35. The molecule has 1 aliphatic heterocycles. The summed E-state index contributed by atoms with van der Waals surface area (Å²) in [6, 6.07) is 13.4. The van der Waals surface area contributed by atoms with Gasteiger partial charge < -0.3 is 15.2 Å². The second kappa shape index (κ2) is 9.07. The fourth-order valence-corrected chi connectivity index (χ4v) is 4.58. The number of carbonyl (C=O) groups excluding carboxylic acids is 2. The fourth-order valence-electron chi connectivity index (χ4n) is 4.35. The van der Waals surface area contributed by atoms with Gasteiger partial charge in [-0.25, -0.2) is 4.79 Å². The first kappa shape index (κ1) is 22.5. The van der Waals surface area contributed by atoms with Crippen LogP contribution >= 0.6 is 11.6 Å². The number of Topliss-reactive ketones (excluding diaryl/α,β-unsaturated/α-hetero) is 1. The number of allylic oxidation sites excluding steroid dienone is 2. The van der Waals surface area contributed by atoms with Crippen LogP contribution in [0.25, 0.3) is 0 Å². The molecular weight excluding hydrogens is 448 g/mol. The van der Waals surface area contributed by atoms with Crippen LogP contribution in [0.4, 0.5) is 5.69 Å². The molecule has 0 amide bonds. The lowest BCUT2D eigenvalue weighted by atomic mass is 9.73. The van der Waals surface area contributed by atoms with Crippen LogP contribution in [0.1, 0.15) is 42.7 Å². The molecule has 2 atom stereocenters. The van der Waals surface area contributed by atoms with E-state index in [-0.39, 0.29) is 58.0 Å². The van der Waals surface area contributed by atoms with Gasteiger partial charge >= 0.3 is 5.97 Å². The highest BCUT2D eigenvalue weighted by molar-refractivity contribution is 6.31. The highest BCUT2D eigenvalue weighted by Gasteiger charge is 2.44. The zero-order valence-electron chi connectivity index (χ0n) is 17.7. The van der Waals surface area contributed by atoms with Crippen LogP contribution in [-0.4, -0.2) is 23.3 Å². The van der Waals surface area contributed by atoms with E-state index in [0.29, 0.717) is 12.2 Å². The van der Waals surface area contributed by atoms with Gasteiger partial charge in [-0.05, 0) is 30.0 Å². The Bertz CT molecular complexity index is 1200. The van der Waals surface area contributed by atoms with E-state index in [0.717, 1.165) is 5.56 Å². The van der Waals surface area contributed by atoms with Crippen molar-refractivity contribution < 1.29 is 24.0 Å². The van der Waals surface area contributed by atoms with Gasteiger partial charge in [0.25, 0.3) is 5.69 Å². The van der Waals surface area contributed by atoms with Gasteiger partial charge in [0.15, 0.2) is 5.78 Å². The highest BCUT2D eigenvalue weighted by Crippen LogP contribution is 2.49. The summed E-state index contributed by atoms with van der Waals surface area (Å²) in [7, 11) is 0. The van der Waals surface area contributed by atoms with E-state index in [4.69, 9.17) is 26.8 Å². The first-order valence-corrected chi connectivity index (χ1v) is 10.8. The van der Waals surface area contributed by atoms with Gasteiger partial charge in [0.2, 0.25) is 5.88 Å². The van der Waals surface area contributed by atoms with Crippen LogP contribution in [0.3, 0.4) is 0 Å². The third-order valence-corrected chi connectivity index (χ3v) is 6.15. The maximum Gasteiger partial charge on any atom is 0.340 e. The third-order valence-electron chi connectivity index (χ3n) is 5.81. The molecule has 0 unspecified atom stereocenters. The average molecular weight is 469 g/mol. The number of hydrogen-bond acceptors (Lipinski definition) is 7. The molecule has 2 aromatic carbocycles. The van der Waals surface area contributed by atoms with Crippen molar-refractivity contribution >= 4 is 29.0 Å². The quantitative estimate of drug-likeness (QED) is 0.389. The number of ketones is 1. The summed E-state index contributed by atoms with van der Waals surface area (Å²) in [5.41, 5.74) is 7.26. The molecule has 2 aromatic rings. The number of nitrogens with two attached hydrogens (primary N) is 1. The van der Waals surface area contributed by atoms with Gasteiger partial charge in [-0.2, -0.15) is 0 Å². The van der Waals surface area contributed by atoms with E-state index in [1.54, 1.807) is 6.92 Å². The van der Waals surface area contributed by atoms with Crippen molar-refractivity contribution in [2.75, 3.05) is 6.61 Å². The average Bonchev–Trinajstić information content (AvgIpc) is 2.79. The van der Waals surface area contributed by atoms with Crippen LogP contribution in [0.15, 0.2) is 71.3 Å². The van der Waals surface area contributed by atoms with Crippen LogP contribution in [0.5, 0.6) is 0 Å². The number of nitrogens with zero attached hydrogens (tertiary/aromatic N) is 1. The van der Waals surface area contributed by atoms with E-state index in [1.807, 2.05) is 30.3 Å². The van der Waals surface area contributed by atoms with Crippen LogP contribution < -0.4 is 5.73 Å². The Hall–Kier alpha value is -3.65. The number of hydrogen-bond donors (Lipinski definition) is 1. The SMILES string of the molecule is CCOC(=O)C1=C(N)OC2=C(C(=O)C[C@@H](c3ccccc3)C2)[C@@H]1c1cc([N+](=O)[O-])ccc1Cl. The molecule has 1 aliphatic carbocycles. The Labute approximate surface area is 194 Å². The summed E-state index contributed by atoms with van der Waals surface area (Å²) in [4.78, 5) is 37.1. The first-order chi connectivity index (χ1) is 15.8. The molecule has 0 saturated heterocycles. The van der Waals surface area contributed by atoms with Crippen molar-refractivity contribution in [3.8, 4) is 0 Å². The molecule has 0 fully saturated rings. The van der Waals surface area contributed by atoms with E-state index in [2.05, 4.69) is 0 Å². The standard InChI is InChI=1S/C24H21ClN2O6/c1-2-32-24(29)22-20(16-12-15(27(30)31)8-9-17(16)25)21-18(28)10-14(11-19(21)33-23(22)26)13-6-4-3-5-7-13/h3-9,12,14,20H,2,10-11,26H2,1H3/t14-,20+/m1/s1. The number of esters is 1. The number of nitro groups is 1. The van der Waals surface area contributed by atoms with E-state index < -0.39 is 16.8 Å². The van der Waals surface area contributed by atoms with Crippen LogP contribution in [0, 0.1) is 10.1 Å². The third kappa shape index (κ3) is 4.21. The summed E-state index contributed by atoms with van der Waals surface area (Å²) in [6.45, 7) is 1.70. The molecule has 4 rings (SSSR count). The topological polar surface area (TPSA) is 122 Å². The minimum absolute atomic E-state index is 0.0704. The lowest BCUT2D eigenvalue weighted by molar-refractivity contribution is -0.384. The fraction of sp³-hybridized carbons (Fsp3) is 0.250. The van der Waals surface area contributed by atoms with Gasteiger partial charge in [-0.1, -0.05) is 41.9 Å². The molecule has 0 spiro atoms. The zero-order chi connectivity index (χ0) is 23.7. The predicted octanol–water partition coefficient (Wildman–Crippen LogP) is 4.50. The lowest BCUT2D eigenvalue weighted by Crippen LogP contribution is -2.33. The Morgan fingerprint density at radius 3 is 2.64 bits per heavy atom. The molecule has 1 heterocycles. The first-order valence-electron chi connectivity index (χ1n) is 10.4. The molecule has 33 heavy (non-hydrogen) atoms. The van der Waals surface area contributed by atoms with Crippen molar-refractivity contribution in [1.29, 1.82) is 0 Å². The Balaban J connectivity index is 1.87. The van der Waals surface area contributed by atoms with Gasteiger partial charge in [-0.3, -0.25) is 14.9 Å². The summed E-state index contributed by atoms with van der Waals surface area (Å²) >= 11 is 6.42. The van der Waals surface area contributed by atoms with Crippen molar-refractivity contribution in [1.82, 2.24) is 0 Å². The Kier molecular flexibility index (Phi) is 6.20. The largest absolute Gasteiger partial charge is 0.462 e. The van der Waals surface area contributed by atoms with Gasteiger partial charge in [-0.15, -0.1) is 0 Å². The molecule has 170 valence electrons. The number of halogens is 1. The molecule has 0 saturated carbocycles.